The van der Waals surface area contributed by atoms with Gasteiger partial charge < -0.3 is 4.57 Å². The molecular weight excluding hydrogens is 665 g/mol. The Balaban J connectivity index is 1.16. The molecule has 0 aliphatic carbocycles. The van der Waals surface area contributed by atoms with Gasteiger partial charge in [0.05, 0.1) is 27.7 Å². The van der Waals surface area contributed by atoms with Crippen LogP contribution in [0.2, 0.25) is 0 Å². The summed E-state index contributed by atoms with van der Waals surface area (Å²) in [5, 5.41) is 7.71. The van der Waals surface area contributed by atoms with Crippen molar-refractivity contribution in [1.82, 2.24) is 4.57 Å². The Kier molecular flexibility index (Phi) is 6.67. The lowest BCUT2D eigenvalue weighted by molar-refractivity contribution is -0.740. The second-order valence-corrected chi connectivity index (χ2v) is 16.2. The number of hydrogen-bond acceptors (Lipinski definition) is 0. The van der Waals surface area contributed by atoms with Gasteiger partial charge in [0.15, 0.2) is 11.7 Å². The predicted octanol–water partition coefficient (Wildman–Crippen LogP) is 13.6. The molecule has 0 fully saturated rings. The monoisotopic (exact) mass is 707 g/mol. The van der Waals surface area contributed by atoms with E-state index in [0.717, 1.165) is 12.8 Å². The van der Waals surface area contributed by atoms with Gasteiger partial charge in [0.2, 0.25) is 5.69 Å². The standard InChI is InChI=1S/C53H43N2/c1-6-53(7-2)33(3)38-25-23-36(31-45(38)50-40-19-11-9-16-35(40)29-30-54(50)53)37-24-28-48-46(32-37)52(4,5)49-43(41-21-14-17-34-15-8-10-18-39(34)41)26-27-44-42-20-12-13-22-47(42)55(48)51(44)49/h8-32H,3,6-7H2,1-2,4-5H3/q+1. The van der Waals surface area contributed by atoms with Crippen molar-refractivity contribution in [3.63, 3.8) is 0 Å². The molecule has 0 N–H and O–H groups in total. The number of nitrogens with zero attached hydrogens (tertiary/aromatic N) is 2. The molecule has 0 spiro atoms. The lowest BCUT2D eigenvalue weighted by Gasteiger charge is -2.37. The summed E-state index contributed by atoms with van der Waals surface area (Å²) in [6, 6.07) is 54.6. The molecule has 4 heterocycles. The molecule has 0 atom stereocenters. The van der Waals surface area contributed by atoms with Crippen LogP contribution in [-0.2, 0) is 11.0 Å². The highest BCUT2D eigenvalue weighted by molar-refractivity contribution is 6.14. The second-order valence-electron chi connectivity index (χ2n) is 16.2. The molecule has 2 heteroatoms. The van der Waals surface area contributed by atoms with Crippen LogP contribution in [0.1, 0.15) is 57.2 Å². The van der Waals surface area contributed by atoms with Crippen molar-refractivity contribution in [3.05, 3.63) is 175 Å². The molecule has 0 unspecified atom stereocenters. The van der Waals surface area contributed by atoms with Crippen molar-refractivity contribution in [2.45, 2.75) is 51.5 Å². The van der Waals surface area contributed by atoms with Gasteiger partial charge >= 0.3 is 0 Å². The lowest BCUT2D eigenvalue weighted by atomic mass is 9.71. The summed E-state index contributed by atoms with van der Waals surface area (Å²) in [5.41, 5.74) is 16.2. The summed E-state index contributed by atoms with van der Waals surface area (Å²) in [5.74, 6) is 0. The van der Waals surface area contributed by atoms with E-state index in [1.165, 1.54) is 105 Å². The molecule has 2 aliphatic heterocycles. The summed E-state index contributed by atoms with van der Waals surface area (Å²) >= 11 is 0. The zero-order valence-corrected chi connectivity index (χ0v) is 31.9. The first-order valence-corrected chi connectivity index (χ1v) is 19.8. The molecule has 2 aliphatic rings. The second kappa shape index (κ2) is 11.4. The van der Waals surface area contributed by atoms with Gasteiger partial charge in [0, 0.05) is 40.7 Å². The van der Waals surface area contributed by atoms with E-state index in [1.807, 2.05) is 0 Å². The van der Waals surface area contributed by atoms with Gasteiger partial charge in [0.1, 0.15) is 0 Å². The fraction of sp³-hybridized carbons (Fsp3) is 0.151. The Morgan fingerprint density at radius 1 is 0.564 bits per heavy atom. The summed E-state index contributed by atoms with van der Waals surface area (Å²) < 4.78 is 5.08. The fourth-order valence-electron chi connectivity index (χ4n) is 10.6. The first-order valence-electron chi connectivity index (χ1n) is 19.8. The number of allylic oxidation sites excluding steroid dienone is 1. The molecule has 2 aromatic heterocycles. The smallest absolute Gasteiger partial charge is 0.221 e. The van der Waals surface area contributed by atoms with E-state index in [9.17, 15) is 0 Å². The highest BCUT2D eigenvalue weighted by atomic mass is 15.1. The number of fused-ring (bicyclic) bond motifs is 11. The van der Waals surface area contributed by atoms with E-state index < -0.39 is 0 Å². The van der Waals surface area contributed by atoms with E-state index in [-0.39, 0.29) is 11.0 Å². The predicted molar refractivity (Wildman–Crippen MR) is 232 cm³/mol. The summed E-state index contributed by atoms with van der Waals surface area (Å²) in [4.78, 5) is 0. The van der Waals surface area contributed by atoms with E-state index in [0.29, 0.717) is 0 Å². The molecule has 0 saturated carbocycles. The molecule has 55 heavy (non-hydrogen) atoms. The van der Waals surface area contributed by atoms with Crippen molar-refractivity contribution in [2.24, 2.45) is 0 Å². The molecule has 2 nitrogen and oxygen atoms in total. The minimum absolute atomic E-state index is 0.163. The zero-order valence-electron chi connectivity index (χ0n) is 31.9. The van der Waals surface area contributed by atoms with Gasteiger partial charge in [-0.05, 0) is 85.4 Å². The topological polar surface area (TPSA) is 8.81 Å². The summed E-state index contributed by atoms with van der Waals surface area (Å²) in [6.07, 6.45) is 4.28. The van der Waals surface area contributed by atoms with Crippen LogP contribution in [0.5, 0.6) is 0 Å². The molecule has 11 rings (SSSR count). The largest absolute Gasteiger partial charge is 0.309 e. The average Bonchev–Trinajstić information content (AvgIpc) is 3.57. The number of pyridine rings is 1. The first-order chi connectivity index (χ1) is 26.9. The third kappa shape index (κ3) is 4.17. The maximum atomic E-state index is 4.80. The van der Waals surface area contributed by atoms with Gasteiger partial charge in [-0.2, -0.15) is 4.57 Å². The van der Waals surface area contributed by atoms with Crippen molar-refractivity contribution in [3.8, 4) is 39.2 Å². The Morgan fingerprint density at radius 3 is 2.02 bits per heavy atom. The highest BCUT2D eigenvalue weighted by Crippen LogP contribution is 2.53. The number of benzene rings is 7. The molecule has 0 amide bonds. The normalized spacial score (nSPS) is 15.0. The van der Waals surface area contributed by atoms with Gasteiger partial charge in [-0.15, -0.1) is 0 Å². The van der Waals surface area contributed by atoms with Crippen molar-refractivity contribution in [2.75, 3.05) is 0 Å². The van der Waals surface area contributed by atoms with Crippen molar-refractivity contribution < 1.29 is 4.57 Å². The first kappa shape index (κ1) is 32.2. The van der Waals surface area contributed by atoms with Crippen LogP contribution in [0.15, 0.2) is 158 Å². The molecule has 0 radical (unpaired) electrons. The molecule has 9 aromatic rings. The zero-order chi connectivity index (χ0) is 37.2. The third-order valence-electron chi connectivity index (χ3n) is 13.4. The van der Waals surface area contributed by atoms with E-state index >= 15 is 0 Å². The number of aromatic nitrogens is 2. The van der Waals surface area contributed by atoms with Crippen LogP contribution in [-0.4, -0.2) is 4.57 Å². The Morgan fingerprint density at radius 2 is 1.22 bits per heavy atom. The Bertz CT molecular complexity index is 3110. The van der Waals surface area contributed by atoms with Crippen LogP contribution in [0.25, 0.3) is 88.1 Å². The van der Waals surface area contributed by atoms with Crippen LogP contribution < -0.4 is 4.57 Å². The van der Waals surface area contributed by atoms with E-state index in [1.54, 1.807) is 0 Å². The fourth-order valence-corrected chi connectivity index (χ4v) is 10.6. The minimum Gasteiger partial charge on any atom is -0.309 e. The van der Waals surface area contributed by atoms with E-state index in [4.69, 9.17) is 6.58 Å². The van der Waals surface area contributed by atoms with E-state index in [2.05, 4.69) is 189 Å². The SMILES string of the molecule is C=C1c2ccc(-c3ccc4c(c3)C(C)(C)c3c(-c5cccc6ccccc56)ccc5c6ccccc6n-4c35)cc2-c2c3ccccc3cc[n+]2C1(CC)CC. The average molecular weight is 708 g/mol. The van der Waals surface area contributed by atoms with Crippen LogP contribution in [0, 0.1) is 0 Å². The lowest BCUT2D eigenvalue weighted by Crippen LogP contribution is -2.59. The Labute approximate surface area is 322 Å². The molecule has 0 saturated heterocycles. The van der Waals surface area contributed by atoms with Gasteiger partial charge in [-0.1, -0.05) is 143 Å². The maximum Gasteiger partial charge on any atom is 0.221 e. The summed E-state index contributed by atoms with van der Waals surface area (Å²) in [7, 11) is 0. The van der Waals surface area contributed by atoms with Crippen molar-refractivity contribution >= 4 is 48.9 Å². The Hall–Kier alpha value is -6.25. The number of rotatable bonds is 4. The highest BCUT2D eigenvalue weighted by Gasteiger charge is 2.47. The van der Waals surface area contributed by atoms with Gasteiger partial charge in [-0.25, -0.2) is 0 Å². The molecule has 7 aromatic carbocycles. The van der Waals surface area contributed by atoms with Crippen LogP contribution >= 0.6 is 0 Å². The van der Waals surface area contributed by atoms with Crippen molar-refractivity contribution in [1.29, 1.82) is 0 Å². The van der Waals surface area contributed by atoms with Gasteiger partial charge in [0.25, 0.3) is 0 Å². The maximum absolute atomic E-state index is 4.80. The third-order valence-corrected chi connectivity index (χ3v) is 13.4. The molecule has 0 bridgehead atoms. The number of para-hydroxylation sites is 1. The van der Waals surface area contributed by atoms with Crippen LogP contribution in [0.3, 0.4) is 0 Å². The number of hydrogen-bond donors (Lipinski definition) is 0. The molecule has 264 valence electrons. The molecular formula is C53H43N2+. The summed E-state index contributed by atoms with van der Waals surface area (Å²) in [6.45, 7) is 14.3. The van der Waals surface area contributed by atoms with Gasteiger partial charge in [-0.3, -0.25) is 0 Å². The van der Waals surface area contributed by atoms with Crippen LogP contribution in [0.4, 0.5) is 0 Å². The minimum atomic E-state index is -0.287. The quantitative estimate of drug-likeness (QED) is 0.161.